The number of carbonyl (C=O) groups excluding carboxylic acids is 1. The van der Waals surface area contributed by atoms with Crippen molar-refractivity contribution in [2.75, 3.05) is 33.9 Å². The molecule has 1 fully saturated rings. The third-order valence-electron chi connectivity index (χ3n) is 4.12. The minimum absolute atomic E-state index is 0.0824. The Morgan fingerprint density at radius 2 is 2.19 bits per heavy atom. The molecule has 1 aliphatic heterocycles. The molecule has 2 unspecified atom stereocenters. The number of likely N-dealkylation sites (tertiary alicyclic amines) is 1. The van der Waals surface area contributed by atoms with Gasteiger partial charge in [0.25, 0.3) is 0 Å². The summed E-state index contributed by atoms with van der Waals surface area (Å²) in [7, 11) is 3.10. The zero-order valence-electron chi connectivity index (χ0n) is 12.8. The van der Waals surface area contributed by atoms with Crippen LogP contribution < -0.4 is 4.74 Å². The summed E-state index contributed by atoms with van der Waals surface area (Å²) in [6, 6.07) is 4.32. The Labute approximate surface area is 124 Å². The SMILES string of the molecule is COc1ccc(C(=O)CN2CCC(C)C(OC)C2)cc1F. The van der Waals surface area contributed by atoms with Gasteiger partial charge in [-0.15, -0.1) is 0 Å². The molecule has 0 bridgehead atoms. The lowest BCUT2D eigenvalue weighted by atomic mass is 9.95. The molecule has 116 valence electrons. The summed E-state index contributed by atoms with van der Waals surface area (Å²) in [4.78, 5) is 14.3. The van der Waals surface area contributed by atoms with Crippen LogP contribution in [0.15, 0.2) is 18.2 Å². The van der Waals surface area contributed by atoms with Crippen LogP contribution in [0.3, 0.4) is 0 Å². The van der Waals surface area contributed by atoms with Crippen LogP contribution in [0.1, 0.15) is 23.7 Å². The highest BCUT2D eigenvalue weighted by Gasteiger charge is 2.27. The lowest BCUT2D eigenvalue weighted by molar-refractivity contribution is -0.00325. The molecule has 5 heteroatoms. The van der Waals surface area contributed by atoms with E-state index in [1.165, 1.54) is 19.2 Å². The quantitative estimate of drug-likeness (QED) is 0.782. The molecule has 0 spiro atoms. The van der Waals surface area contributed by atoms with Gasteiger partial charge in [-0.1, -0.05) is 6.92 Å². The van der Waals surface area contributed by atoms with Crippen LogP contribution in [0, 0.1) is 11.7 Å². The standard InChI is InChI=1S/C16H22FNO3/c1-11-6-7-18(10-16(11)21-3)9-14(19)12-4-5-15(20-2)13(17)8-12/h4-5,8,11,16H,6-7,9-10H2,1-3H3. The predicted octanol–water partition coefficient (Wildman–Crippen LogP) is 2.37. The molecule has 0 saturated carbocycles. The van der Waals surface area contributed by atoms with Gasteiger partial charge in [0.15, 0.2) is 17.3 Å². The molecule has 0 radical (unpaired) electrons. The average molecular weight is 295 g/mol. The Balaban J connectivity index is 1.99. The fraction of sp³-hybridized carbons (Fsp3) is 0.562. The fourth-order valence-electron chi connectivity index (χ4n) is 2.68. The van der Waals surface area contributed by atoms with Crippen molar-refractivity contribution in [2.24, 2.45) is 5.92 Å². The van der Waals surface area contributed by atoms with Gasteiger partial charge in [0.05, 0.1) is 19.8 Å². The Bertz CT molecular complexity index is 506. The van der Waals surface area contributed by atoms with E-state index in [2.05, 4.69) is 11.8 Å². The van der Waals surface area contributed by atoms with Crippen molar-refractivity contribution >= 4 is 5.78 Å². The van der Waals surface area contributed by atoms with Crippen LogP contribution in [0.2, 0.25) is 0 Å². The first-order chi connectivity index (χ1) is 10.0. The van der Waals surface area contributed by atoms with Crippen molar-refractivity contribution in [3.05, 3.63) is 29.6 Å². The number of nitrogens with zero attached hydrogens (tertiary/aromatic N) is 1. The number of carbonyl (C=O) groups is 1. The van der Waals surface area contributed by atoms with Crippen molar-refractivity contribution in [3.63, 3.8) is 0 Å². The first kappa shape index (κ1) is 15.9. The number of hydrogen-bond donors (Lipinski definition) is 0. The van der Waals surface area contributed by atoms with Gasteiger partial charge >= 0.3 is 0 Å². The Morgan fingerprint density at radius 1 is 1.43 bits per heavy atom. The molecule has 0 amide bonds. The van der Waals surface area contributed by atoms with Crippen molar-refractivity contribution < 1.29 is 18.7 Å². The van der Waals surface area contributed by atoms with E-state index in [-0.39, 0.29) is 17.6 Å². The predicted molar refractivity (Wildman–Crippen MR) is 78.3 cm³/mol. The molecule has 0 aliphatic carbocycles. The minimum Gasteiger partial charge on any atom is -0.494 e. The third-order valence-corrected chi connectivity index (χ3v) is 4.12. The molecular weight excluding hydrogens is 273 g/mol. The maximum atomic E-state index is 13.6. The van der Waals surface area contributed by atoms with Crippen LogP contribution in [0.5, 0.6) is 5.75 Å². The number of hydrogen-bond acceptors (Lipinski definition) is 4. The number of piperidine rings is 1. The highest BCUT2D eigenvalue weighted by atomic mass is 19.1. The molecule has 0 aromatic heterocycles. The molecule has 1 heterocycles. The first-order valence-electron chi connectivity index (χ1n) is 7.17. The lowest BCUT2D eigenvalue weighted by Gasteiger charge is -2.35. The smallest absolute Gasteiger partial charge is 0.176 e. The zero-order chi connectivity index (χ0) is 15.4. The topological polar surface area (TPSA) is 38.8 Å². The Hall–Kier alpha value is -1.46. The Kier molecular flexibility index (Phi) is 5.31. The average Bonchev–Trinajstić information content (AvgIpc) is 2.49. The van der Waals surface area contributed by atoms with Crippen molar-refractivity contribution in [3.8, 4) is 5.75 Å². The lowest BCUT2D eigenvalue weighted by Crippen LogP contribution is -2.45. The van der Waals surface area contributed by atoms with Crippen LogP contribution in [-0.4, -0.2) is 50.6 Å². The van der Waals surface area contributed by atoms with Crippen LogP contribution in [0.4, 0.5) is 4.39 Å². The minimum atomic E-state index is -0.509. The molecule has 0 N–H and O–H groups in total. The molecular formula is C16H22FNO3. The van der Waals surface area contributed by atoms with E-state index >= 15 is 0 Å². The summed E-state index contributed by atoms with van der Waals surface area (Å²) in [5, 5.41) is 0. The van der Waals surface area contributed by atoms with E-state index in [1.807, 2.05) is 0 Å². The van der Waals surface area contributed by atoms with Crippen molar-refractivity contribution in [1.29, 1.82) is 0 Å². The van der Waals surface area contributed by atoms with Gasteiger partial charge in [0, 0.05) is 19.2 Å². The summed E-state index contributed by atoms with van der Waals surface area (Å²) in [6.07, 6.45) is 1.15. The van der Waals surface area contributed by atoms with Crippen molar-refractivity contribution in [2.45, 2.75) is 19.4 Å². The largest absolute Gasteiger partial charge is 0.494 e. The van der Waals surface area contributed by atoms with Gasteiger partial charge in [0.2, 0.25) is 0 Å². The summed E-state index contributed by atoms with van der Waals surface area (Å²) in [5.74, 6) is 0.0592. The molecule has 1 aliphatic rings. The monoisotopic (exact) mass is 295 g/mol. The summed E-state index contributed by atoms with van der Waals surface area (Å²) in [5.41, 5.74) is 0.376. The van der Waals surface area contributed by atoms with E-state index in [9.17, 15) is 9.18 Å². The molecule has 1 saturated heterocycles. The summed E-state index contributed by atoms with van der Waals surface area (Å²) >= 11 is 0. The van der Waals surface area contributed by atoms with Crippen molar-refractivity contribution in [1.82, 2.24) is 4.90 Å². The van der Waals surface area contributed by atoms with Gasteiger partial charge in [-0.25, -0.2) is 4.39 Å². The second kappa shape index (κ2) is 7.00. The maximum absolute atomic E-state index is 13.6. The third kappa shape index (κ3) is 3.80. The molecule has 21 heavy (non-hydrogen) atoms. The molecule has 2 rings (SSSR count). The van der Waals surface area contributed by atoms with Crippen LogP contribution in [-0.2, 0) is 4.74 Å². The number of rotatable bonds is 5. The van der Waals surface area contributed by atoms with Gasteiger partial charge in [-0.3, -0.25) is 9.69 Å². The molecule has 4 nitrogen and oxygen atoms in total. The summed E-state index contributed by atoms with van der Waals surface area (Å²) < 4.78 is 23.9. The number of benzene rings is 1. The number of methoxy groups -OCH3 is 2. The second-order valence-electron chi connectivity index (χ2n) is 5.55. The maximum Gasteiger partial charge on any atom is 0.176 e. The summed E-state index contributed by atoms with van der Waals surface area (Å²) in [6.45, 7) is 4.05. The van der Waals surface area contributed by atoms with E-state index in [4.69, 9.17) is 9.47 Å². The zero-order valence-corrected chi connectivity index (χ0v) is 12.8. The van der Waals surface area contributed by atoms with Gasteiger partial charge < -0.3 is 9.47 Å². The number of halogens is 1. The highest BCUT2D eigenvalue weighted by Crippen LogP contribution is 2.21. The van der Waals surface area contributed by atoms with Gasteiger partial charge in [-0.05, 0) is 37.1 Å². The van der Waals surface area contributed by atoms with E-state index in [0.29, 0.717) is 18.0 Å². The normalized spacial score (nSPS) is 23.0. The van der Waals surface area contributed by atoms with Crippen LogP contribution in [0.25, 0.3) is 0 Å². The molecule has 1 aromatic carbocycles. The molecule has 2 atom stereocenters. The van der Waals surface area contributed by atoms with E-state index in [1.54, 1.807) is 13.2 Å². The second-order valence-corrected chi connectivity index (χ2v) is 5.55. The van der Waals surface area contributed by atoms with Gasteiger partial charge in [-0.2, -0.15) is 0 Å². The van der Waals surface area contributed by atoms with E-state index < -0.39 is 5.82 Å². The number of ketones is 1. The van der Waals surface area contributed by atoms with E-state index in [0.717, 1.165) is 19.5 Å². The molecule has 1 aromatic rings. The van der Waals surface area contributed by atoms with Gasteiger partial charge in [0.1, 0.15) is 0 Å². The van der Waals surface area contributed by atoms with Crippen LogP contribution >= 0.6 is 0 Å². The first-order valence-corrected chi connectivity index (χ1v) is 7.17. The number of Topliss-reactive ketones (excluding diaryl/α,β-unsaturated/α-hetero) is 1. The highest BCUT2D eigenvalue weighted by molar-refractivity contribution is 5.97. The Morgan fingerprint density at radius 3 is 2.81 bits per heavy atom. The fourth-order valence-corrected chi connectivity index (χ4v) is 2.68. The number of ether oxygens (including phenoxy) is 2.